The average Bonchev–Trinajstić information content (AvgIpc) is 3.65. The van der Waals surface area contributed by atoms with Crippen molar-refractivity contribution in [2.75, 3.05) is 26.4 Å². The van der Waals surface area contributed by atoms with Crippen molar-refractivity contribution in [1.29, 1.82) is 0 Å². The maximum atomic E-state index is 13.8. The molecule has 3 N–H and O–H groups in total. The molecular weight excluding hydrogens is 657 g/mol. The normalized spacial score (nSPS) is 17.2. The van der Waals surface area contributed by atoms with Crippen molar-refractivity contribution >= 4 is 39.2 Å². The van der Waals surface area contributed by atoms with Gasteiger partial charge in [-0.05, 0) is 42.5 Å². The highest BCUT2D eigenvalue weighted by Gasteiger charge is 2.44. The van der Waals surface area contributed by atoms with E-state index in [0.717, 1.165) is 27.3 Å². The number of nitrogens with one attached hydrogen (secondary N) is 2. The molecule has 1 aromatic heterocycles. The van der Waals surface area contributed by atoms with Crippen LogP contribution in [0.4, 0.5) is 0 Å². The van der Waals surface area contributed by atoms with Gasteiger partial charge in [0.2, 0.25) is 17.7 Å². The highest BCUT2D eigenvalue weighted by Crippen LogP contribution is 2.28. The molecular formula is C34H44N4O8S2. The smallest absolute Gasteiger partial charge is 0.297 e. The first-order valence-corrected chi connectivity index (χ1v) is 18.0. The number of thiazole rings is 1. The van der Waals surface area contributed by atoms with E-state index >= 15 is 0 Å². The summed E-state index contributed by atoms with van der Waals surface area (Å²) in [7, 11) is -3.92. The second-order valence-electron chi connectivity index (χ2n) is 12.9. The topological polar surface area (TPSA) is 164 Å². The van der Waals surface area contributed by atoms with Crippen LogP contribution in [0.25, 0.3) is 10.4 Å². The van der Waals surface area contributed by atoms with Crippen molar-refractivity contribution in [3.63, 3.8) is 0 Å². The lowest BCUT2D eigenvalue weighted by atomic mass is 9.85. The Morgan fingerprint density at radius 3 is 2.35 bits per heavy atom. The molecule has 2 aromatic carbocycles. The largest absolute Gasteiger partial charge is 0.391 e. The van der Waals surface area contributed by atoms with E-state index in [4.69, 9.17) is 8.92 Å². The van der Waals surface area contributed by atoms with Crippen molar-refractivity contribution in [1.82, 2.24) is 20.5 Å². The molecule has 48 heavy (non-hydrogen) atoms. The molecule has 1 aliphatic rings. The molecule has 0 radical (unpaired) electrons. The summed E-state index contributed by atoms with van der Waals surface area (Å²) in [5, 5.41) is 16.1. The number of aromatic nitrogens is 1. The molecule has 1 saturated heterocycles. The number of carbonyl (C=O) groups is 3. The maximum absolute atomic E-state index is 13.8. The Bertz CT molecular complexity index is 1670. The first kappa shape index (κ1) is 37.1. The lowest BCUT2D eigenvalue weighted by molar-refractivity contribution is -0.144. The van der Waals surface area contributed by atoms with Crippen LogP contribution in [-0.4, -0.2) is 85.7 Å². The van der Waals surface area contributed by atoms with Gasteiger partial charge in [-0.3, -0.25) is 18.6 Å². The fraction of sp³-hybridized carbons (Fsp3) is 0.471. The minimum absolute atomic E-state index is 0.0247. The Balaban J connectivity index is 1.26. The summed E-state index contributed by atoms with van der Waals surface area (Å²) in [6.45, 7) is 9.12. The van der Waals surface area contributed by atoms with E-state index in [1.54, 1.807) is 49.8 Å². The molecule has 1 fully saturated rings. The molecule has 1 aliphatic heterocycles. The first-order valence-electron chi connectivity index (χ1n) is 15.7. The highest BCUT2D eigenvalue weighted by atomic mass is 32.2. The molecule has 0 spiro atoms. The molecule has 0 saturated carbocycles. The highest BCUT2D eigenvalue weighted by molar-refractivity contribution is 7.86. The molecule has 14 heteroatoms. The third-order valence-corrected chi connectivity index (χ3v) is 10.3. The van der Waals surface area contributed by atoms with Gasteiger partial charge in [-0.1, -0.05) is 62.7 Å². The summed E-state index contributed by atoms with van der Waals surface area (Å²) in [4.78, 5) is 46.7. The molecule has 3 aromatic rings. The third kappa shape index (κ3) is 9.92. The summed E-state index contributed by atoms with van der Waals surface area (Å²) in [6, 6.07) is 12.2. The molecule has 260 valence electrons. The van der Waals surface area contributed by atoms with Gasteiger partial charge in [-0.2, -0.15) is 8.42 Å². The van der Waals surface area contributed by atoms with Gasteiger partial charge in [-0.15, -0.1) is 11.3 Å². The third-order valence-electron chi connectivity index (χ3n) is 7.96. The Morgan fingerprint density at radius 1 is 1.04 bits per heavy atom. The number of amides is 3. The number of aliphatic hydroxyl groups is 1. The predicted octanol–water partition coefficient (Wildman–Crippen LogP) is 3.35. The van der Waals surface area contributed by atoms with Gasteiger partial charge >= 0.3 is 0 Å². The van der Waals surface area contributed by atoms with E-state index in [9.17, 15) is 27.9 Å². The number of hydrogen-bond acceptors (Lipinski definition) is 10. The van der Waals surface area contributed by atoms with Crippen LogP contribution in [0.15, 0.2) is 58.9 Å². The van der Waals surface area contributed by atoms with Gasteiger partial charge in [0, 0.05) is 25.9 Å². The van der Waals surface area contributed by atoms with Crippen molar-refractivity contribution in [3.05, 3.63) is 70.9 Å². The zero-order chi connectivity index (χ0) is 35.1. The number of nitrogens with zero attached hydrogens (tertiary/aromatic N) is 2. The zero-order valence-corrected chi connectivity index (χ0v) is 29.5. The van der Waals surface area contributed by atoms with Crippen LogP contribution in [0.2, 0.25) is 0 Å². The van der Waals surface area contributed by atoms with E-state index in [0.29, 0.717) is 0 Å². The van der Waals surface area contributed by atoms with Crippen LogP contribution in [0.3, 0.4) is 0 Å². The molecule has 3 amide bonds. The number of carbonyl (C=O) groups excluding carboxylic acids is 3. The average molecular weight is 701 g/mol. The number of benzene rings is 2. The van der Waals surface area contributed by atoms with Crippen LogP contribution in [0.5, 0.6) is 0 Å². The second kappa shape index (κ2) is 16.1. The van der Waals surface area contributed by atoms with Crippen molar-refractivity contribution in [2.45, 2.75) is 77.1 Å². The van der Waals surface area contributed by atoms with Crippen LogP contribution in [-0.2, 0) is 40.0 Å². The lowest BCUT2D eigenvalue weighted by Crippen LogP contribution is -2.57. The number of likely N-dealkylation sites (tertiary alicyclic amines) is 1. The van der Waals surface area contributed by atoms with Crippen LogP contribution >= 0.6 is 11.3 Å². The SMILES string of the molecule is Cc1ccc(S(=O)(=O)OCCOCCC(=O)N[C@H](C(=O)N2C[C@H](O)C[C@H]2C(=O)NCc2ccc(-c3scnc3C)cc2)C(C)(C)C)cc1. The monoisotopic (exact) mass is 700 g/mol. The van der Waals surface area contributed by atoms with E-state index in [-0.39, 0.29) is 56.6 Å². The Labute approximate surface area is 286 Å². The molecule has 3 atom stereocenters. The number of rotatable bonds is 14. The Morgan fingerprint density at radius 2 is 1.73 bits per heavy atom. The molecule has 0 bridgehead atoms. The van der Waals surface area contributed by atoms with E-state index in [1.165, 1.54) is 17.0 Å². The van der Waals surface area contributed by atoms with Gasteiger partial charge in [-0.25, -0.2) is 4.98 Å². The van der Waals surface area contributed by atoms with E-state index < -0.39 is 45.5 Å². The maximum Gasteiger partial charge on any atom is 0.297 e. The fourth-order valence-corrected chi connectivity index (χ4v) is 6.96. The summed E-state index contributed by atoms with van der Waals surface area (Å²) >= 11 is 1.56. The van der Waals surface area contributed by atoms with Crippen LogP contribution in [0, 0.1) is 19.3 Å². The molecule has 12 nitrogen and oxygen atoms in total. The zero-order valence-electron chi connectivity index (χ0n) is 27.9. The van der Waals surface area contributed by atoms with Gasteiger partial charge < -0.3 is 25.4 Å². The number of aryl methyl sites for hydroxylation is 2. The van der Waals surface area contributed by atoms with Crippen LogP contribution in [0.1, 0.15) is 50.4 Å². The minimum atomic E-state index is -3.92. The molecule has 4 rings (SSSR count). The Kier molecular flexibility index (Phi) is 12.5. The quantitative estimate of drug-likeness (QED) is 0.169. The number of aliphatic hydroxyl groups excluding tert-OH is 1. The van der Waals surface area contributed by atoms with Gasteiger partial charge in [0.1, 0.15) is 12.1 Å². The second-order valence-corrected chi connectivity index (χ2v) is 15.4. The van der Waals surface area contributed by atoms with Crippen molar-refractivity contribution in [3.8, 4) is 10.4 Å². The van der Waals surface area contributed by atoms with Crippen molar-refractivity contribution < 1.29 is 36.8 Å². The molecule has 0 unspecified atom stereocenters. The fourth-order valence-electron chi connectivity index (χ4n) is 5.26. The Hall–Kier alpha value is -3.69. The summed E-state index contributed by atoms with van der Waals surface area (Å²) < 4.78 is 35.0. The van der Waals surface area contributed by atoms with Gasteiger partial charge in [0.25, 0.3) is 10.1 Å². The van der Waals surface area contributed by atoms with E-state index in [1.807, 2.05) is 38.1 Å². The summed E-state index contributed by atoms with van der Waals surface area (Å²) in [6.07, 6.45) is -0.881. The summed E-state index contributed by atoms with van der Waals surface area (Å²) in [5.41, 5.74) is 4.89. The number of hydrogen-bond donors (Lipinski definition) is 3. The molecule has 0 aliphatic carbocycles. The minimum Gasteiger partial charge on any atom is -0.391 e. The van der Waals surface area contributed by atoms with Gasteiger partial charge in [0.05, 0.1) is 46.9 Å². The number of ether oxygens (including phenoxy) is 1. The van der Waals surface area contributed by atoms with Gasteiger partial charge in [0.15, 0.2) is 0 Å². The number of β-amino-alcohol motifs (C(OH)–C–C–N with tert-alkyl or cyclic N) is 1. The summed E-state index contributed by atoms with van der Waals surface area (Å²) in [5.74, 6) is -1.30. The van der Waals surface area contributed by atoms with Crippen LogP contribution < -0.4 is 10.6 Å². The first-order chi connectivity index (χ1) is 22.7. The lowest BCUT2D eigenvalue weighted by Gasteiger charge is -2.35. The van der Waals surface area contributed by atoms with E-state index in [2.05, 4.69) is 15.6 Å². The van der Waals surface area contributed by atoms with Crippen molar-refractivity contribution in [2.24, 2.45) is 5.41 Å². The molecule has 2 heterocycles. The standard InChI is InChI=1S/C34H44N4O8S2/c1-22-6-12-27(13-7-22)48(43,44)46-17-16-45-15-14-29(40)37-31(34(3,4)5)33(42)38-20-26(39)18-28(38)32(41)35-19-24-8-10-25(11-9-24)30-23(2)36-21-47-30/h6-13,21,26,28,31,39H,14-20H2,1-5H3,(H,35,41)(H,37,40)/t26-,28+,31-/m1/s1. The predicted molar refractivity (Wildman–Crippen MR) is 181 cm³/mol.